The van der Waals surface area contributed by atoms with Crippen molar-refractivity contribution >= 4 is 17.3 Å². The molecule has 1 unspecified atom stereocenters. The molecule has 0 aliphatic carbocycles. The third-order valence-electron chi connectivity index (χ3n) is 3.66. The molecule has 23 heavy (non-hydrogen) atoms. The van der Waals surface area contributed by atoms with E-state index in [-0.39, 0.29) is 18.6 Å². The SMILES string of the molecule is CC(CO)N(C)C(=O)c1cccc(Nc2ccc(C#N)cc2)c1. The van der Waals surface area contributed by atoms with Crippen molar-refractivity contribution in [3.8, 4) is 6.07 Å². The first-order valence-electron chi connectivity index (χ1n) is 7.30. The minimum absolute atomic E-state index is 0.0780. The molecule has 0 heterocycles. The molecule has 2 aromatic carbocycles. The van der Waals surface area contributed by atoms with E-state index in [2.05, 4.69) is 11.4 Å². The minimum atomic E-state index is -0.238. The van der Waals surface area contributed by atoms with Crippen molar-refractivity contribution in [1.29, 1.82) is 5.26 Å². The van der Waals surface area contributed by atoms with E-state index in [1.165, 1.54) is 4.90 Å². The zero-order valence-corrected chi connectivity index (χ0v) is 13.2. The highest BCUT2D eigenvalue weighted by Crippen LogP contribution is 2.19. The average molecular weight is 309 g/mol. The van der Waals surface area contributed by atoms with E-state index in [9.17, 15) is 4.79 Å². The van der Waals surface area contributed by atoms with Crippen molar-refractivity contribution < 1.29 is 9.90 Å². The second kappa shape index (κ2) is 7.43. The average Bonchev–Trinajstić information content (AvgIpc) is 2.60. The van der Waals surface area contributed by atoms with Crippen molar-refractivity contribution in [2.24, 2.45) is 0 Å². The molecule has 5 heteroatoms. The highest BCUT2D eigenvalue weighted by molar-refractivity contribution is 5.95. The number of aliphatic hydroxyl groups is 1. The molecule has 2 rings (SSSR count). The maximum atomic E-state index is 12.4. The Hall–Kier alpha value is -2.84. The van der Waals surface area contributed by atoms with Crippen LogP contribution in [0.4, 0.5) is 11.4 Å². The maximum Gasteiger partial charge on any atom is 0.253 e. The Morgan fingerprint density at radius 1 is 1.26 bits per heavy atom. The van der Waals surface area contributed by atoms with E-state index < -0.39 is 0 Å². The van der Waals surface area contributed by atoms with Crippen LogP contribution in [0.3, 0.4) is 0 Å². The van der Waals surface area contributed by atoms with Gasteiger partial charge in [-0.2, -0.15) is 5.26 Å². The number of hydrogen-bond donors (Lipinski definition) is 2. The number of amides is 1. The molecule has 0 aliphatic heterocycles. The monoisotopic (exact) mass is 309 g/mol. The lowest BCUT2D eigenvalue weighted by atomic mass is 10.1. The van der Waals surface area contributed by atoms with Crippen LogP contribution in [0.1, 0.15) is 22.8 Å². The van der Waals surface area contributed by atoms with Gasteiger partial charge in [0, 0.05) is 24.0 Å². The van der Waals surface area contributed by atoms with Gasteiger partial charge in [-0.05, 0) is 49.4 Å². The van der Waals surface area contributed by atoms with Gasteiger partial charge in [-0.3, -0.25) is 4.79 Å². The van der Waals surface area contributed by atoms with Gasteiger partial charge in [0.25, 0.3) is 5.91 Å². The number of carbonyl (C=O) groups excluding carboxylic acids is 1. The molecule has 2 aromatic rings. The predicted molar refractivity (Wildman–Crippen MR) is 89.5 cm³/mol. The number of likely N-dealkylation sites (N-methyl/N-ethyl adjacent to an activating group) is 1. The van der Waals surface area contributed by atoms with Crippen molar-refractivity contribution in [3.63, 3.8) is 0 Å². The second-order valence-electron chi connectivity index (χ2n) is 5.34. The normalized spacial score (nSPS) is 11.4. The molecule has 0 aliphatic rings. The van der Waals surface area contributed by atoms with Crippen LogP contribution in [-0.4, -0.2) is 35.6 Å². The van der Waals surface area contributed by atoms with E-state index in [0.29, 0.717) is 11.1 Å². The van der Waals surface area contributed by atoms with Crippen LogP contribution >= 0.6 is 0 Å². The summed E-state index contributed by atoms with van der Waals surface area (Å²) in [4.78, 5) is 13.9. The lowest BCUT2D eigenvalue weighted by Crippen LogP contribution is -2.37. The van der Waals surface area contributed by atoms with Crippen LogP contribution in [0.2, 0.25) is 0 Å². The van der Waals surface area contributed by atoms with Crippen molar-refractivity contribution in [2.45, 2.75) is 13.0 Å². The molecule has 2 N–H and O–H groups in total. The number of benzene rings is 2. The molecular weight excluding hydrogens is 290 g/mol. The summed E-state index contributed by atoms with van der Waals surface area (Å²) in [7, 11) is 1.67. The summed E-state index contributed by atoms with van der Waals surface area (Å²) in [5.74, 6) is -0.143. The summed E-state index contributed by atoms with van der Waals surface area (Å²) in [6.07, 6.45) is 0. The Labute approximate surface area is 135 Å². The number of nitriles is 1. The summed E-state index contributed by atoms with van der Waals surface area (Å²) < 4.78 is 0. The van der Waals surface area contributed by atoms with Gasteiger partial charge in [-0.25, -0.2) is 0 Å². The van der Waals surface area contributed by atoms with Gasteiger partial charge in [0.2, 0.25) is 0 Å². The number of nitrogens with zero attached hydrogens (tertiary/aromatic N) is 2. The minimum Gasteiger partial charge on any atom is -0.394 e. The number of carbonyl (C=O) groups is 1. The zero-order chi connectivity index (χ0) is 16.8. The van der Waals surface area contributed by atoms with Crippen LogP contribution in [0.25, 0.3) is 0 Å². The fourth-order valence-electron chi connectivity index (χ4n) is 2.05. The van der Waals surface area contributed by atoms with Gasteiger partial charge < -0.3 is 15.3 Å². The molecule has 0 bridgehead atoms. The topological polar surface area (TPSA) is 76.4 Å². The number of anilines is 2. The molecule has 5 nitrogen and oxygen atoms in total. The first kappa shape index (κ1) is 16.5. The lowest BCUT2D eigenvalue weighted by molar-refractivity contribution is 0.0682. The molecule has 1 amide bonds. The number of aliphatic hydroxyl groups excluding tert-OH is 1. The Morgan fingerprint density at radius 2 is 1.96 bits per heavy atom. The highest BCUT2D eigenvalue weighted by Gasteiger charge is 2.16. The summed E-state index contributed by atoms with van der Waals surface area (Å²) in [5.41, 5.74) is 2.77. The van der Waals surface area contributed by atoms with Gasteiger partial charge in [0.1, 0.15) is 0 Å². The Balaban J connectivity index is 2.16. The van der Waals surface area contributed by atoms with Gasteiger partial charge in [-0.15, -0.1) is 0 Å². The third-order valence-corrected chi connectivity index (χ3v) is 3.66. The van der Waals surface area contributed by atoms with Crippen LogP contribution in [0.5, 0.6) is 0 Å². The molecule has 0 aromatic heterocycles. The highest BCUT2D eigenvalue weighted by atomic mass is 16.3. The molecule has 0 fully saturated rings. The molecular formula is C18H19N3O2. The molecule has 118 valence electrons. The second-order valence-corrected chi connectivity index (χ2v) is 5.34. The molecule has 1 atom stereocenters. The fraction of sp³-hybridized carbons (Fsp3) is 0.222. The predicted octanol–water partition coefficient (Wildman–Crippen LogP) is 2.75. The zero-order valence-electron chi connectivity index (χ0n) is 13.2. The summed E-state index contributed by atoms with van der Waals surface area (Å²) in [6.45, 7) is 1.71. The van der Waals surface area contributed by atoms with Gasteiger partial charge >= 0.3 is 0 Å². The van der Waals surface area contributed by atoms with E-state index >= 15 is 0 Å². The standard InChI is InChI=1S/C18H19N3O2/c1-13(12-22)21(2)18(23)15-4-3-5-17(10-15)20-16-8-6-14(11-19)7-9-16/h3-10,13,20,22H,12H2,1-2H3. The lowest BCUT2D eigenvalue weighted by Gasteiger charge is -2.23. The van der Waals surface area contributed by atoms with Gasteiger partial charge in [-0.1, -0.05) is 6.07 Å². The summed E-state index contributed by atoms with van der Waals surface area (Å²) >= 11 is 0. The fourth-order valence-corrected chi connectivity index (χ4v) is 2.05. The number of nitrogens with one attached hydrogen (secondary N) is 1. The van der Waals surface area contributed by atoms with Crippen molar-refractivity contribution in [2.75, 3.05) is 19.0 Å². The number of rotatable bonds is 5. The van der Waals surface area contributed by atoms with Crippen molar-refractivity contribution in [3.05, 3.63) is 59.7 Å². The molecule has 0 saturated carbocycles. The van der Waals surface area contributed by atoms with Crippen LogP contribution in [0.15, 0.2) is 48.5 Å². The third kappa shape index (κ3) is 4.09. The van der Waals surface area contributed by atoms with Crippen LogP contribution in [0, 0.1) is 11.3 Å². The van der Waals surface area contributed by atoms with Gasteiger partial charge in [0.05, 0.1) is 24.3 Å². The van der Waals surface area contributed by atoms with Gasteiger partial charge in [0.15, 0.2) is 0 Å². The van der Waals surface area contributed by atoms with E-state index in [4.69, 9.17) is 10.4 Å². The Bertz CT molecular complexity index is 720. The molecule has 0 saturated heterocycles. The largest absolute Gasteiger partial charge is 0.394 e. The smallest absolute Gasteiger partial charge is 0.253 e. The first-order valence-corrected chi connectivity index (χ1v) is 7.30. The quantitative estimate of drug-likeness (QED) is 0.890. The number of hydrogen-bond acceptors (Lipinski definition) is 4. The summed E-state index contributed by atoms with van der Waals surface area (Å²) in [5, 5.41) is 21.2. The van der Waals surface area contributed by atoms with Crippen LogP contribution < -0.4 is 5.32 Å². The molecule has 0 radical (unpaired) electrons. The van der Waals surface area contributed by atoms with E-state index in [1.807, 2.05) is 18.2 Å². The van der Waals surface area contributed by atoms with E-state index in [1.54, 1.807) is 44.3 Å². The molecule has 0 spiro atoms. The van der Waals surface area contributed by atoms with Crippen LogP contribution in [-0.2, 0) is 0 Å². The van der Waals surface area contributed by atoms with E-state index in [0.717, 1.165) is 11.4 Å². The Morgan fingerprint density at radius 3 is 2.57 bits per heavy atom. The maximum absolute atomic E-state index is 12.4. The Kier molecular flexibility index (Phi) is 5.34. The summed E-state index contributed by atoms with van der Waals surface area (Å²) in [6, 6.07) is 16.1. The first-order chi connectivity index (χ1) is 11.0. The van der Waals surface area contributed by atoms with Crippen molar-refractivity contribution in [1.82, 2.24) is 4.90 Å².